The van der Waals surface area contributed by atoms with Gasteiger partial charge in [-0.3, -0.25) is 4.79 Å². The van der Waals surface area contributed by atoms with E-state index in [4.69, 9.17) is 0 Å². The lowest BCUT2D eigenvalue weighted by Gasteiger charge is -2.35. The fourth-order valence-corrected chi connectivity index (χ4v) is 4.34. The van der Waals surface area contributed by atoms with Gasteiger partial charge in [-0.05, 0) is 31.0 Å². The van der Waals surface area contributed by atoms with Crippen LogP contribution in [0.3, 0.4) is 0 Å². The van der Waals surface area contributed by atoms with Gasteiger partial charge in [0.05, 0.1) is 22.0 Å². The molecule has 1 fully saturated rings. The number of thiazole rings is 1. The molecule has 124 valence electrons. The van der Waals surface area contributed by atoms with E-state index in [1.54, 1.807) is 23.5 Å². The third-order valence-electron chi connectivity index (χ3n) is 4.37. The Morgan fingerprint density at radius 2 is 2.04 bits per heavy atom. The van der Waals surface area contributed by atoms with E-state index in [-0.39, 0.29) is 11.9 Å². The van der Waals surface area contributed by atoms with Crippen molar-refractivity contribution in [3.63, 3.8) is 0 Å². The molecule has 1 aromatic carbocycles. The summed E-state index contributed by atoms with van der Waals surface area (Å²) in [6.07, 6.45) is 2.55. The van der Waals surface area contributed by atoms with Crippen LogP contribution in [0.15, 0.2) is 23.7 Å². The van der Waals surface area contributed by atoms with Crippen molar-refractivity contribution in [2.24, 2.45) is 0 Å². The van der Waals surface area contributed by atoms with Crippen LogP contribution in [0.5, 0.6) is 0 Å². The highest BCUT2D eigenvalue weighted by molar-refractivity contribution is 7.88. The lowest BCUT2D eigenvalue weighted by molar-refractivity contribution is 0.0686. The maximum absolute atomic E-state index is 12.6. The van der Waals surface area contributed by atoms with Crippen LogP contribution in [0.4, 0.5) is 0 Å². The van der Waals surface area contributed by atoms with Crippen LogP contribution in [0, 0.1) is 0 Å². The molecule has 1 aromatic heterocycles. The van der Waals surface area contributed by atoms with E-state index in [0.29, 0.717) is 31.5 Å². The molecule has 0 atom stereocenters. The Bertz CT molecular complexity index is 823. The Morgan fingerprint density at radius 3 is 2.70 bits per heavy atom. The van der Waals surface area contributed by atoms with Gasteiger partial charge in [0.1, 0.15) is 0 Å². The fourth-order valence-electron chi connectivity index (χ4n) is 2.87. The molecule has 1 amide bonds. The van der Waals surface area contributed by atoms with Gasteiger partial charge in [-0.2, -0.15) is 0 Å². The number of aromatic nitrogens is 1. The van der Waals surface area contributed by atoms with Crippen LogP contribution in [-0.4, -0.2) is 60.9 Å². The summed E-state index contributed by atoms with van der Waals surface area (Å²) in [7, 11) is -1.58. The first-order chi connectivity index (χ1) is 10.9. The Labute approximate surface area is 139 Å². The van der Waals surface area contributed by atoms with Gasteiger partial charge in [0.2, 0.25) is 10.0 Å². The molecule has 1 aliphatic rings. The molecule has 0 aliphatic carbocycles. The number of piperidine rings is 1. The molecule has 2 aromatic rings. The van der Waals surface area contributed by atoms with Crippen LogP contribution in [-0.2, 0) is 10.0 Å². The van der Waals surface area contributed by atoms with E-state index in [9.17, 15) is 13.2 Å². The van der Waals surface area contributed by atoms with E-state index in [0.717, 1.165) is 10.2 Å². The maximum Gasteiger partial charge on any atom is 0.253 e. The minimum Gasteiger partial charge on any atom is -0.339 e. The van der Waals surface area contributed by atoms with Crippen molar-refractivity contribution in [1.82, 2.24) is 14.2 Å². The number of likely N-dealkylation sites (tertiary alicyclic amines) is 1. The predicted molar refractivity (Wildman–Crippen MR) is 91.2 cm³/mol. The van der Waals surface area contributed by atoms with Crippen molar-refractivity contribution in [3.8, 4) is 0 Å². The van der Waals surface area contributed by atoms with Crippen molar-refractivity contribution in [3.05, 3.63) is 29.3 Å². The van der Waals surface area contributed by atoms with Crippen LogP contribution >= 0.6 is 11.3 Å². The highest BCUT2D eigenvalue weighted by Gasteiger charge is 2.29. The average molecular weight is 353 g/mol. The zero-order valence-electron chi connectivity index (χ0n) is 13.1. The third kappa shape index (κ3) is 3.39. The first-order valence-corrected chi connectivity index (χ1v) is 10.1. The average Bonchev–Trinajstić information content (AvgIpc) is 3.00. The van der Waals surface area contributed by atoms with Crippen LogP contribution < -0.4 is 0 Å². The minimum atomic E-state index is -3.19. The van der Waals surface area contributed by atoms with E-state index < -0.39 is 10.0 Å². The standard InChI is InChI=1S/C15H19N3O3S2/c1-17(23(2,20)21)12-5-7-18(8-6-12)15(19)11-3-4-13-14(9-11)22-10-16-13/h3-4,9-10,12H,5-8H2,1-2H3. The lowest BCUT2D eigenvalue weighted by atomic mass is 10.0. The van der Waals surface area contributed by atoms with Crippen LogP contribution in [0.25, 0.3) is 10.2 Å². The van der Waals surface area contributed by atoms with Gasteiger partial charge in [-0.1, -0.05) is 0 Å². The Kier molecular flexibility index (Phi) is 4.39. The number of nitrogens with zero attached hydrogens (tertiary/aromatic N) is 3. The highest BCUT2D eigenvalue weighted by atomic mass is 32.2. The first kappa shape index (κ1) is 16.4. The molecule has 8 heteroatoms. The summed E-state index contributed by atoms with van der Waals surface area (Å²) >= 11 is 1.52. The summed E-state index contributed by atoms with van der Waals surface area (Å²) in [5, 5.41) is 0. The second-order valence-corrected chi connectivity index (χ2v) is 8.77. The number of benzene rings is 1. The SMILES string of the molecule is CN(C1CCN(C(=O)c2ccc3ncsc3c2)CC1)S(C)(=O)=O. The summed E-state index contributed by atoms with van der Waals surface area (Å²) in [5.74, 6) is 0.000702. The number of hydrogen-bond donors (Lipinski definition) is 0. The number of rotatable bonds is 3. The number of carbonyl (C=O) groups excluding carboxylic acids is 1. The molecule has 23 heavy (non-hydrogen) atoms. The largest absolute Gasteiger partial charge is 0.339 e. The van der Waals surface area contributed by atoms with E-state index in [1.165, 1.54) is 21.9 Å². The van der Waals surface area contributed by atoms with Gasteiger partial charge in [0, 0.05) is 31.7 Å². The molecule has 0 spiro atoms. The highest BCUT2D eigenvalue weighted by Crippen LogP contribution is 2.22. The molecule has 6 nitrogen and oxygen atoms in total. The van der Waals surface area contributed by atoms with Gasteiger partial charge < -0.3 is 4.90 Å². The first-order valence-electron chi connectivity index (χ1n) is 7.42. The van der Waals surface area contributed by atoms with E-state index >= 15 is 0 Å². The maximum atomic E-state index is 12.6. The number of carbonyl (C=O) groups is 1. The summed E-state index contributed by atoms with van der Waals surface area (Å²) in [5.41, 5.74) is 3.34. The fraction of sp³-hybridized carbons (Fsp3) is 0.467. The summed E-state index contributed by atoms with van der Waals surface area (Å²) in [6.45, 7) is 1.15. The number of amides is 1. The van der Waals surface area contributed by atoms with E-state index in [2.05, 4.69) is 4.98 Å². The monoisotopic (exact) mass is 353 g/mol. The van der Waals surface area contributed by atoms with Crippen molar-refractivity contribution in [2.75, 3.05) is 26.4 Å². The lowest BCUT2D eigenvalue weighted by Crippen LogP contribution is -2.47. The number of fused-ring (bicyclic) bond motifs is 1. The van der Waals surface area contributed by atoms with Gasteiger partial charge >= 0.3 is 0 Å². The van der Waals surface area contributed by atoms with Crippen LogP contribution in [0.1, 0.15) is 23.2 Å². The van der Waals surface area contributed by atoms with Crippen molar-refractivity contribution in [2.45, 2.75) is 18.9 Å². The molecule has 1 aliphatic heterocycles. The van der Waals surface area contributed by atoms with Gasteiger partial charge in [-0.25, -0.2) is 17.7 Å². The third-order valence-corrected chi connectivity index (χ3v) is 6.50. The van der Waals surface area contributed by atoms with Crippen molar-refractivity contribution < 1.29 is 13.2 Å². The zero-order valence-corrected chi connectivity index (χ0v) is 14.7. The normalized spacial score (nSPS) is 17.1. The summed E-state index contributed by atoms with van der Waals surface area (Å²) in [6, 6.07) is 5.52. The predicted octanol–water partition coefficient (Wildman–Crippen LogP) is 1.79. The molecule has 0 N–H and O–H groups in total. The van der Waals surface area contributed by atoms with Gasteiger partial charge in [0.25, 0.3) is 5.91 Å². The van der Waals surface area contributed by atoms with E-state index in [1.807, 2.05) is 12.1 Å². The molecule has 0 bridgehead atoms. The topological polar surface area (TPSA) is 70.6 Å². The molecule has 0 unspecified atom stereocenters. The van der Waals surface area contributed by atoms with Crippen molar-refractivity contribution in [1.29, 1.82) is 0 Å². The van der Waals surface area contributed by atoms with Gasteiger partial charge in [0.15, 0.2) is 0 Å². The quantitative estimate of drug-likeness (QED) is 0.843. The Hall–Kier alpha value is -1.51. The van der Waals surface area contributed by atoms with Crippen molar-refractivity contribution >= 4 is 37.5 Å². The molecular weight excluding hydrogens is 334 g/mol. The van der Waals surface area contributed by atoms with Crippen LogP contribution in [0.2, 0.25) is 0 Å². The zero-order chi connectivity index (χ0) is 16.6. The Balaban J connectivity index is 1.68. The second-order valence-electron chi connectivity index (χ2n) is 5.84. The summed E-state index contributed by atoms with van der Waals surface area (Å²) < 4.78 is 25.6. The molecule has 0 saturated carbocycles. The smallest absolute Gasteiger partial charge is 0.253 e. The molecule has 0 radical (unpaired) electrons. The molecule has 2 heterocycles. The Morgan fingerprint density at radius 1 is 1.35 bits per heavy atom. The van der Waals surface area contributed by atoms with Gasteiger partial charge in [-0.15, -0.1) is 11.3 Å². The number of hydrogen-bond acceptors (Lipinski definition) is 5. The second kappa shape index (κ2) is 6.18. The molecular formula is C15H19N3O3S2. The molecule has 3 rings (SSSR count). The molecule has 1 saturated heterocycles. The summed E-state index contributed by atoms with van der Waals surface area (Å²) in [4.78, 5) is 18.6. The minimum absolute atomic E-state index is 0.000702. The number of sulfonamides is 1.